The van der Waals surface area contributed by atoms with E-state index in [1.54, 1.807) is 0 Å². The summed E-state index contributed by atoms with van der Waals surface area (Å²) in [7, 11) is 1.88. The SMILES string of the molecule is CNc1cc(OCC2CCOCC2)nc(C2CC2)n1. The van der Waals surface area contributed by atoms with Gasteiger partial charge in [-0.3, -0.25) is 0 Å². The molecule has 104 valence electrons. The number of hydrogen-bond donors (Lipinski definition) is 1. The summed E-state index contributed by atoms with van der Waals surface area (Å²) in [5, 5.41) is 3.08. The van der Waals surface area contributed by atoms with Crippen molar-refractivity contribution in [3.05, 3.63) is 11.9 Å². The molecule has 1 N–H and O–H groups in total. The molecule has 0 amide bonds. The predicted molar refractivity (Wildman–Crippen MR) is 72.6 cm³/mol. The van der Waals surface area contributed by atoms with E-state index in [-0.39, 0.29) is 0 Å². The fourth-order valence-corrected chi connectivity index (χ4v) is 2.29. The zero-order valence-electron chi connectivity index (χ0n) is 11.4. The monoisotopic (exact) mass is 263 g/mol. The van der Waals surface area contributed by atoms with Crippen LogP contribution in [-0.4, -0.2) is 36.8 Å². The standard InChI is InChI=1S/C14H21N3O2/c1-15-12-8-13(17-14(16-12)11-2-3-11)19-9-10-4-6-18-7-5-10/h8,10-11H,2-7,9H2,1H3,(H,15,16,17). The van der Waals surface area contributed by atoms with Gasteiger partial charge in [0.25, 0.3) is 0 Å². The van der Waals surface area contributed by atoms with Gasteiger partial charge in [0.05, 0.1) is 6.61 Å². The van der Waals surface area contributed by atoms with Crippen molar-refractivity contribution < 1.29 is 9.47 Å². The third-order valence-corrected chi connectivity index (χ3v) is 3.73. The number of ether oxygens (including phenoxy) is 2. The lowest BCUT2D eigenvalue weighted by Gasteiger charge is -2.21. The largest absolute Gasteiger partial charge is 0.477 e. The Balaban J connectivity index is 1.63. The molecule has 3 rings (SSSR count). The maximum absolute atomic E-state index is 5.86. The minimum atomic E-state index is 0.540. The zero-order chi connectivity index (χ0) is 13.1. The molecular weight excluding hydrogens is 242 g/mol. The molecule has 1 aromatic rings. The summed E-state index contributed by atoms with van der Waals surface area (Å²) in [6, 6.07) is 1.88. The van der Waals surface area contributed by atoms with E-state index in [0.717, 1.165) is 44.3 Å². The molecule has 2 fully saturated rings. The molecule has 5 heteroatoms. The lowest BCUT2D eigenvalue weighted by molar-refractivity contribution is 0.0490. The molecule has 0 unspecified atom stereocenters. The highest BCUT2D eigenvalue weighted by Crippen LogP contribution is 2.39. The molecule has 2 heterocycles. The van der Waals surface area contributed by atoms with Gasteiger partial charge in [-0.15, -0.1) is 0 Å². The van der Waals surface area contributed by atoms with Crippen molar-refractivity contribution in [1.82, 2.24) is 9.97 Å². The van der Waals surface area contributed by atoms with Crippen molar-refractivity contribution in [1.29, 1.82) is 0 Å². The molecule has 0 atom stereocenters. The zero-order valence-corrected chi connectivity index (χ0v) is 11.4. The van der Waals surface area contributed by atoms with Crippen LogP contribution in [0.1, 0.15) is 37.4 Å². The minimum Gasteiger partial charge on any atom is -0.477 e. The van der Waals surface area contributed by atoms with E-state index >= 15 is 0 Å². The van der Waals surface area contributed by atoms with Crippen LogP contribution in [0.25, 0.3) is 0 Å². The van der Waals surface area contributed by atoms with Gasteiger partial charge in [0.15, 0.2) is 0 Å². The van der Waals surface area contributed by atoms with Crippen LogP contribution < -0.4 is 10.1 Å². The molecular formula is C14H21N3O2. The number of nitrogens with one attached hydrogen (secondary N) is 1. The number of aromatic nitrogens is 2. The number of anilines is 1. The maximum Gasteiger partial charge on any atom is 0.218 e. The summed E-state index contributed by atoms with van der Waals surface area (Å²) < 4.78 is 11.2. The van der Waals surface area contributed by atoms with Crippen molar-refractivity contribution in [2.24, 2.45) is 5.92 Å². The Labute approximate surface area is 113 Å². The van der Waals surface area contributed by atoms with Crippen molar-refractivity contribution in [3.63, 3.8) is 0 Å². The summed E-state index contributed by atoms with van der Waals surface area (Å²) in [4.78, 5) is 9.01. The summed E-state index contributed by atoms with van der Waals surface area (Å²) in [5.74, 6) is 3.60. The smallest absolute Gasteiger partial charge is 0.218 e. The first-order chi connectivity index (χ1) is 9.35. The molecule has 2 aliphatic rings. The van der Waals surface area contributed by atoms with E-state index in [2.05, 4.69) is 15.3 Å². The highest BCUT2D eigenvalue weighted by Gasteiger charge is 2.27. The van der Waals surface area contributed by atoms with Crippen LogP contribution in [0, 0.1) is 5.92 Å². The van der Waals surface area contributed by atoms with E-state index in [1.165, 1.54) is 12.8 Å². The molecule has 1 aliphatic heterocycles. The number of nitrogens with zero attached hydrogens (tertiary/aromatic N) is 2. The van der Waals surface area contributed by atoms with Gasteiger partial charge >= 0.3 is 0 Å². The Morgan fingerprint density at radius 2 is 2.05 bits per heavy atom. The predicted octanol–water partition coefficient (Wildman–Crippen LogP) is 2.20. The van der Waals surface area contributed by atoms with Gasteiger partial charge in [-0.2, -0.15) is 4.98 Å². The van der Waals surface area contributed by atoms with Crippen molar-refractivity contribution in [2.45, 2.75) is 31.6 Å². The summed E-state index contributed by atoms with van der Waals surface area (Å²) >= 11 is 0. The van der Waals surface area contributed by atoms with Crippen LogP contribution in [0.2, 0.25) is 0 Å². The van der Waals surface area contributed by atoms with E-state index in [9.17, 15) is 0 Å². The number of rotatable bonds is 5. The lowest BCUT2D eigenvalue weighted by atomic mass is 10.0. The lowest BCUT2D eigenvalue weighted by Crippen LogP contribution is -2.21. The van der Waals surface area contributed by atoms with E-state index in [0.29, 0.717) is 17.7 Å². The fourth-order valence-electron chi connectivity index (χ4n) is 2.29. The first-order valence-corrected chi connectivity index (χ1v) is 7.12. The normalized spacial score (nSPS) is 20.3. The van der Waals surface area contributed by atoms with Crippen LogP contribution in [0.4, 0.5) is 5.82 Å². The maximum atomic E-state index is 5.86. The molecule has 1 aliphatic carbocycles. The van der Waals surface area contributed by atoms with Gasteiger partial charge in [-0.05, 0) is 31.6 Å². The van der Waals surface area contributed by atoms with Gasteiger partial charge < -0.3 is 14.8 Å². The second-order valence-electron chi connectivity index (χ2n) is 5.34. The Kier molecular flexibility index (Phi) is 3.82. The Hall–Kier alpha value is -1.36. The molecule has 1 saturated carbocycles. The molecule has 0 spiro atoms. The van der Waals surface area contributed by atoms with Crippen LogP contribution >= 0.6 is 0 Å². The minimum absolute atomic E-state index is 0.540. The molecule has 5 nitrogen and oxygen atoms in total. The second kappa shape index (κ2) is 5.74. The van der Waals surface area contributed by atoms with E-state index in [1.807, 2.05) is 13.1 Å². The molecule has 19 heavy (non-hydrogen) atoms. The second-order valence-corrected chi connectivity index (χ2v) is 5.34. The molecule has 0 radical (unpaired) electrons. The van der Waals surface area contributed by atoms with Crippen LogP contribution in [0.15, 0.2) is 6.07 Å². The topological polar surface area (TPSA) is 56.3 Å². The van der Waals surface area contributed by atoms with Gasteiger partial charge in [0, 0.05) is 32.2 Å². The molecule has 0 aromatic carbocycles. The van der Waals surface area contributed by atoms with E-state index < -0.39 is 0 Å². The quantitative estimate of drug-likeness (QED) is 0.882. The summed E-state index contributed by atoms with van der Waals surface area (Å²) in [6.45, 7) is 2.44. The average Bonchev–Trinajstić information content (AvgIpc) is 3.30. The van der Waals surface area contributed by atoms with Crippen LogP contribution in [-0.2, 0) is 4.74 Å². The van der Waals surface area contributed by atoms with Crippen LogP contribution in [0.3, 0.4) is 0 Å². The molecule has 1 saturated heterocycles. The summed E-state index contributed by atoms with van der Waals surface area (Å²) in [5.41, 5.74) is 0. The molecule has 0 bridgehead atoms. The highest BCUT2D eigenvalue weighted by molar-refractivity contribution is 5.38. The average molecular weight is 263 g/mol. The van der Waals surface area contributed by atoms with Crippen molar-refractivity contribution >= 4 is 5.82 Å². The Morgan fingerprint density at radius 1 is 1.26 bits per heavy atom. The molecule has 1 aromatic heterocycles. The van der Waals surface area contributed by atoms with Gasteiger partial charge in [-0.25, -0.2) is 4.98 Å². The van der Waals surface area contributed by atoms with Gasteiger partial charge in [0.2, 0.25) is 5.88 Å². The van der Waals surface area contributed by atoms with Gasteiger partial charge in [-0.1, -0.05) is 0 Å². The fraction of sp³-hybridized carbons (Fsp3) is 0.714. The first-order valence-electron chi connectivity index (χ1n) is 7.12. The third kappa shape index (κ3) is 3.35. The van der Waals surface area contributed by atoms with Gasteiger partial charge in [0.1, 0.15) is 11.6 Å². The van der Waals surface area contributed by atoms with Crippen molar-refractivity contribution in [2.75, 3.05) is 32.2 Å². The third-order valence-electron chi connectivity index (χ3n) is 3.73. The Morgan fingerprint density at radius 3 is 2.74 bits per heavy atom. The van der Waals surface area contributed by atoms with Crippen molar-refractivity contribution in [3.8, 4) is 5.88 Å². The van der Waals surface area contributed by atoms with E-state index in [4.69, 9.17) is 9.47 Å². The summed E-state index contributed by atoms with van der Waals surface area (Å²) in [6.07, 6.45) is 4.57. The number of hydrogen-bond acceptors (Lipinski definition) is 5. The van der Waals surface area contributed by atoms with Crippen LogP contribution in [0.5, 0.6) is 5.88 Å². The first kappa shape index (κ1) is 12.7. The Bertz CT molecular complexity index is 429. The highest BCUT2D eigenvalue weighted by atomic mass is 16.5.